The van der Waals surface area contributed by atoms with E-state index in [-0.39, 0.29) is 42.1 Å². The molecule has 6 atom stereocenters. The molecule has 2 aromatic carbocycles. The number of rotatable bonds is 7. The molecule has 57 heavy (non-hydrogen) atoms. The van der Waals surface area contributed by atoms with E-state index in [0.29, 0.717) is 12.8 Å². The van der Waals surface area contributed by atoms with Crippen LogP contribution in [0, 0.1) is 0 Å². The fraction of sp³-hybridized carbons (Fsp3) is 0.425. The highest BCUT2D eigenvalue weighted by molar-refractivity contribution is 5.88. The third-order valence-electron chi connectivity index (χ3n) is 11.2. The standard InChI is InChI=1S/C38H42N8O6.C2H4O2.H3N/c1-51-37(49)43-27-15-11-25-13-17-31(45(25)35(27)47)33-39-19-29(41-33)23-7-3-21(4-8-23)22-5-9-24(10-6-22)30-20-40-34(42-30)32-18-14-26-12-16-28(36(48)46(26)32)44-38(50)52-2;1-2(3)4;/h3-10,19-20,25-28,31-32H,11-18H2,1-2H3,(H,39,41)(H,40,42)(H,43,49)(H,44,50);1H3,(H,3,4);1H3/t25-,26-,27-,28-,31-,32-;;/m0../s1. The molecule has 17 nitrogen and oxygen atoms in total. The van der Waals surface area contributed by atoms with E-state index in [4.69, 9.17) is 19.4 Å². The lowest BCUT2D eigenvalue weighted by atomic mass is 9.98. The molecule has 0 spiro atoms. The summed E-state index contributed by atoms with van der Waals surface area (Å²) in [5.74, 6) is 0.495. The number of piperidine rings is 2. The molecule has 0 radical (unpaired) electrons. The number of aromatic nitrogens is 4. The van der Waals surface area contributed by atoms with Gasteiger partial charge in [-0.1, -0.05) is 48.5 Å². The minimum atomic E-state index is -0.833. The van der Waals surface area contributed by atoms with Crippen LogP contribution in [0.3, 0.4) is 0 Å². The number of H-pyrrole nitrogens is 2. The fourth-order valence-electron chi connectivity index (χ4n) is 8.52. The summed E-state index contributed by atoms with van der Waals surface area (Å²) in [6.07, 6.45) is 8.76. The molecule has 4 aromatic rings. The van der Waals surface area contributed by atoms with Gasteiger partial charge in [-0.25, -0.2) is 19.6 Å². The first-order valence-corrected chi connectivity index (χ1v) is 18.9. The quantitative estimate of drug-likeness (QED) is 0.137. The molecule has 4 aliphatic rings. The van der Waals surface area contributed by atoms with Crippen LogP contribution in [-0.2, 0) is 23.9 Å². The number of aliphatic carboxylic acids is 1. The third-order valence-corrected chi connectivity index (χ3v) is 11.2. The zero-order valence-corrected chi connectivity index (χ0v) is 32.2. The van der Waals surface area contributed by atoms with E-state index >= 15 is 0 Å². The number of nitrogens with one attached hydrogen (secondary N) is 4. The number of alkyl carbamates (subject to hydrolysis) is 2. The molecular weight excluding hydrogens is 734 g/mol. The Morgan fingerprint density at radius 3 is 1.32 bits per heavy atom. The van der Waals surface area contributed by atoms with Gasteiger partial charge in [-0.15, -0.1) is 0 Å². The number of fused-ring (bicyclic) bond motifs is 2. The number of ether oxygens (including phenoxy) is 2. The van der Waals surface area contributed by atoms with E-state index in [1.165, 1.54) is 14.2 Å². The second kappa shape index (κ2) is 17.3. The highest BCUT2D eigenvalue weighted by Gasteiger charge is 2.46. The van der Waals surface area contributed by atoms with Gasteiger partial charge in [0.2, 0.25) is 11.8 Å². The zero-order valence-electron chi connectivity index (χ0n) is 32.2. The van der Waals surface area contributed by atoms with Crippen molar-refractivity contribution in [2.24, 2.45) is 0 Å². The van der Waals surface area contributed by atoms with Crippen molar-refractivity contribution < 1.29 is 38.6 Å². The second-order valence-electron chi connectivity index (χ2n) is 14.6. The molecule has 0 unspecified atom stereocenters. The number of hydrogen-bond acceptors (Lipinski definition) is 10. The first kappa shape index (κ1) is 40.4. The van der Waals surface area contributed by atoms with Gasteiger partial charge in [0.25, 0.3) is 5.97 Å². The van der Waals surface area contributed by atoms with Gasteiger partial charge < -0.3 is 51.1 Å². The van der Waals surface area contributed by atoms with E-state index < -0.39 is 30.2 Å². The van der Waals surface area contributed by atoms with Crippen molar-refractivity contribution in [2.75, 3.05) is 14.2 Å². The first-order valence-electron chi connectivity index (χ1n) is 18.9. The Labute approximate surface area is 329 Å². The number of benzene rings is 2. The molecule has 4 fully saturated rings. The summed E-state index contributed by atoms with van der Waals surface area (Å²) in [6.45, 7) is 1.08. The van der Waals surface area contributed by atoms with Gasteiger partial charge >= 0.3 is 12.2 Å². The largest absolute Gasteiger partial charge is 0.481 e. The predicted octanol–water partition coefficient (Wildman–Crippen LogP) is 5.49. The summed E-state index contributed by atoms with van der Waals surface area (Å²) in [5, 5.41) is 12.8. The van der Waals surface area contributed by atoms with Crippen LogP contribution in [0.5, 0.6) is 0 Å². The van der Waals surface area contributed by atoms with Crippen LogP contribution in [0.2, 0.25) is 0 Å². The van der Waals surface area contributed by atoms with Crippen LogP contribution in [0.25, 0.3) is 33.6 Å². The van der Waals surface area contributed by atoms with Crippen LogP contribution >= 0.6 is 0 Å². The van der Waals surface area contributed by atoms with Crippen molar-refractivity contribution in [3.05, 3.63) is 72.6 Å². The minimum absolute atomic E-state index is 0. The predicted molar refractivity (Wildman–Crippen MR) is 208 cm³/mol. The number of hydrogen-bond donors (Lipinski definition) is 6. The molecule has 4 aliphatic heterocycles. The topological polar surface area (TPSA) is 247 Å². The van der Waals surface area contributed by atoms with E-state index in [1.54, 1.807) is 0 Å². The maximum absolute atomic E-state index is 13.3. The van der Waals surface area contributed by atoms with Gasteiger partial charge in [0.05, 0.1) is 50.1 Å². The smallest absolute Gasteiger partial charge is 0.407 e. The highest BCUT2D eigenvalue weighted by atomic mass is 16.5. The lowest BCUT2D eigenvalue weighted by Gasteiger charge is -2.37. The maximum atomic E-state index is 13.3. The average Bonchev–Trinajstić information content (AvgIpc) is 4.03. The van der Waals surface area contributed by atoms with Crippen molar-refractivity contribution in [3.63, 3.8) is 0 Å². The Hall–Kier alpha value is -6.23. The molecule has 0 saturated carbocycles. The van der Waals surface area contributed by atoms with E-state index in [1.807, 2.05) is 22.2 Å². The monoisotopic (exact) mass is 783 g/mol. The van der Waals surface area contributed by atoms with Crippen molar-refractivity contribution in [1.82, 2.24) is 46.5 Å². The lowest BCUT2D eigenvalue weighted by molar-refractivity contribution is -0.140. The van der Waals surface area contributed by atoms with E-state index in [9.17, 15) is 19.2 Å². The molecule has 8 N–H and O–H groups in total. The van der Waals surface area contributed by atoms with Crippen molar-refractivity contribution in [3.8, 4) is 33.6 Å². The summed E-state index contributed by atoms with van der Waals surface area (Å²) in [4.78, 5) is 79.3. The molecule has 4 saturated heterocycles. The van der Waals surface area contributed by atoms with Gasteiger partial charge in [-0.3, -0.25) is 14.4 Å². The number of nitrogens with zero attached hydrogens (tertiary/aromatic N) is 4. The number of aromatic amines is 2. The number of carboxylic acids is 1. The Morgan fingerprint density at radius 2 is 0.965 bits per heavy atom. The molecule has 2 aromatic heterocycles. The van der Waals surface area contributed by atoms with Crippen LogP contribution in [0.4, 0.5) is 9.59 Å². The molecule has 8 rings (SSSR count). The van der Waals surface area contributed by atoms with Gasteiger partial charge in [-0.2, -0.15) is 0 Å². The number of carbonyl (C=O) groups is 5. The Kier molecular flexibility index (Phi) is 12.3. The summed E-state index contributed by atoms with van der Waals surface area (Å²) >= 11 is 0. The first-order chi connectivity index (χ1) is 27.0. The lowest BCUT2D eigenvalue weighted by Crippen LogP contribution is -2.54. The van der Waals surface area contributed by atoms with Crippen molar-refractivity contribution in [1.29, 1.82) is 0 Å². The van der Waals surface area contributed by atoms with Crippen LogP contribution < -0.4 is 16.8 Å². The molecule has 302 valence electrons. The molecule has 6 heterocycles. The SMILES string of the molecule is CC(=O)O.COC(=O)N[C@H]1CC[C@H]2CC[C@@H](c3ncc(-c4ccc(-c5ccc(-c6cnc([C@@H]7CC[C@@H]8CC[C@H](NC(=O)OC)C(=O)N87)[nH]6)cc5)cc4)[nH]3)N2C1=O.N. The zero-order chi connectivity index (χ0) is 39.5. The van der Waals surface area contributed by atoms with Gasteiger partial charge in [0.1, 0.15) is 23.7 Å². The number of carbonyl (C=O) groups excluding carboxylic acids is 4. The van der Waals surface area contributed by atoms with E-state index in [0.717, 1.165) is 90.7 Å². The molecule has 17 heteroatoms. The van der Waals surface area contributed by atoms with Crippen LogP contribution in [0.1, 0.15) is 82.0 Å². The van der Waals surface area contributed by atoms with Gasteiger partial charge in [0, 0.05) is 19.0 Å². The Bertz CT molecular complexity index is 1940. The highest BCUT2D eigenvalue weighted by Crippen LogP contribution is 2.42. The second-order valence-corrected chi connectivity index (χ2v) is 14.6. The van der Waals surface area contributed by atoms with Crippen molar-refractivity contribution in [2.45, 2.75) is 94.5 Å². The van der Waals surface area contributed by atoms with Crippen LogP contribution in [0.15, 0.2) is 60.9 Å². The van der Waals surface area contributed by atoms with Gasteiger partial charge in [0.15, 0.2) is 0 Å². The van der Waals surface area contributed by atoms with Crippen LogP contribution in [-0.4, -0.2) is 103 Å². The number of carboxylic acid groups (broad SMARTS) is 1. The summed E-state index contributed by atoms with van der Waals surface area (Å²) in [5.41, 5.74) is 5.86. The minimum Gasteiger partial charge on any atom is -0.481 e. The fourth-order valence-corrected chi connectivity index (χ4v) is 8.52. The molecular formula is C40H49N9O8. The Morgan fingerprint density at radius 1 is 0.632 bits per heavy atom. The van der Waals surface area contributed by atoms with Crippen molar-refractivity contribution >= 4 is 30.0 Å². The molecule has 0 aliphatic carbocycles. The summed E-state index contributed by atoms with van der Waals surface area (Å²) < 4.78 is 9.44. The summed E-state index contributed by atoms with van der Waals surface area (Å²) in [6, 6.07) is 15.3. The maximum Gasteiger partial charge on any atom is 0.407 e. The number of imidazole rings is 2. The van der Waals surface area contributed by atoms with Gasteiger partial charge in [-0.05, 0) is 73.6 Å². The van der Waals surface area contributed by atoms with E-state index in [2.05, 4.69) is 79.1 Å². The normalized spacial score (nSPS) is 23.6. The molecule has 0 bridgehead atoms. The Balaban J connectivity index is 0.00000105. The summed E-state index contributed by atoms with van der Waals surface area (Å²) in [7, 11) is 2.59. The number of amides is 4. The average molecular weight is 784 g/mol. The number of methoxy groups -OCH3 is 2. The molecule has 4 amide bonds. The third kappa shape index (κ3) is 8.47.